The van der Waals surface area contributed by atoms with Gasteiger partial charge in [0.25, 0.3) is 5.91 Å². The van der Waals surface area contributed by atoms with E-state index >= 15 is 0 Å². The molecule has 3 aromatic rings. The zero-order valence-electron chi connectivity index (χ0n) is 16.5. The molecule has 0 saturated carbocycles. The van der Waals surface area contributed by atoms with Gasteiger partial charge in [-0.05, 0) is 42.3 Å². The number of carbonyl (C=O) groups is 1. The van der Waals surface area contributed by atoms with E-state index in [1.165, 1.54) is 17.6 Å². The Morgan fingerprint density at radius 1 is 1.03 bits per heavy atom. The van der Waals surface area contributed by atoms with Gasteiger partial charge in [0, 0.05) is 56.9 Å². The van der Waals surface area contributed by atoms with Crippen molar-refractivity contribution in [1.29, 1.82) is 0 Å². The molecule has 0 radical (unpaired) electrons. The number of piperazine rings is 1. The fourth-order valence-corrected chi connectivity index (χ4v) is 3.42. The largest absolute Gasteiger partial charge is 0.368 e. The van der Waals surface area contributed by atoms with Crippen molar-refractivity contribution in [1.82, 2.24) is 19.9 Å². The Hall–Kier alpha value is -3.48. The molecule has 0 atom stereocenters. The number of benzene rings is 1. The van der Waals surface area contributed by atoms with Gasteiger partial charge in [-0.1, -0.05) is 12.1 Å². The van der Waals surface area contributed by atoms with Crippen LogP contribution < -0.4 is 10.2 Å². The molecule has 1 aliphatic rings. The topological polar surface area (TPSA) is 74.2 Å². The lowest BCUT2D eigenvalue weighted by Gasteiger charge is -2.36. The highest BCUT2D eigenvalue weighted by molar-refractivity contribution is 5.93. The average molecular weight is 388 g/mol. The van der Waals surface area contributed by atoms with E-state index in [2.05, 4.69) is 56.4 Å². The number of hydrogen-bond acceptors (Lipinski definition) is 6. The number of nitrogens with one attached hydrogen (secondary N) is 1. The van der Waals surface area contributed by atoms with Crippen molar-refractivity contribution in [3.05, 3.63) is 78.0 Å². The molecule has 1 fully saturated rings. The maximum Gasteiger partial charge on any atom is 0.272 e. The van der Waals surface area contributed by atoms with E-state index in [9.17, 15) is 4.79 Å². The average Bonchev–Trinajstić information content (AvgIpc) is 2.78. The van der Waals surface area contributed by atoms with Crippen LogP contribution in [0, 0.1) is 6.92 Å². The number of nitrogens with zero attached hydrogens (tertiary/aromatic N) is 5. The van der Waals surface area contributed by atoms with Crippen LogP contribution in [0.3, 0.4) is 0 Å². The van der Waals surface area contributed by atoms with Crippen LogP contribution in [0.15, 0.2) is 61.2 Å². The molecule has 1 aliphatic heterocycles. The first-order valence-corrected chi connectivity index (χ1v) is 9.75. The van der Waals surface area contributed by atoms with Crippen molar-refractivity contribution in [2.75, 3.05) is 36.4 Å². The number of amides is 1. The number of carbonyl (C=O) groups excluding carboxylic acids is 1. The number of aryl methyl sites for hydroxylation is 1. The monoisotopic (exact) mass is 388 g/mol. The molecule has 29 heavy (non-hydrogen) atoms. The Morgan fingerprint density at radius 3 is 2.59 bits per heavy atom. The molecule has 148 valence electrons. The summed E-state index contributed by atoms with van der Waals surface area (Å²) in [4.78, 5) is 29.5. The Morgan fingerprint density at radius 2 is 1.83 bits per heavy atom. The Kier molecular flexibility index (Phi) is 5.65. The molecule has 7 nitrogen and oxygen atoms in total. The highest BCUT2D eigenvalue weighted by Gasteiger charge is 2.23. The highest BCUT2D eigenvalue weighted by Crippen LogP contribution is 2.19. The lowest BCUT2D eigenvalue weighted by atomic mass is 10.2. The van der Waals surface area contributed by atoms with E-state index in [1.807, 2.05) is 17.0 Å². The summed E-state index contributed by atoms with van der Waals surface area (Å²) in [5, 5.41) is 3.24. The minimum Gasteiger partial charge on any atom is -0.368 e. The molecule has 1 aromatic carbocycles. The Bertz CT molecular complexity index is 970. The molecule has 0 unspecified atom stereocenters. The van der Waals surface area contributed by atoms with Crippen LogP contribution in [-0.2, 0) is 6.54 Å². The van der Waals surface area contributed by atoms with Gasteiger partial charge in [-0.15, -0.1) is 0 Å². The molecule has 4 rings (SSSR count). The summed E-state index contributed by atoms with van der Waals surface area (Å²) in [6.07, 6.45) is 4.94. The normalized spacial score (nSPS) is 14.0. The summed E-state index contributed by atoms with van der Waals surface area (Å²) in [5.41, 5.74) is 3.97. The molecule has 0 aliphatic carbocycles. The SMILES string of the molecule is Cc1cccc(N2CCN(C(=O)c3cc(NCc4ccncc4)ncn3)CC2)c1. The van der Waals surface area contributed by atoms with Gasteiger partial charge in [-0.3, -0.25) is 9.78 Å². The minimum absolute atomic E-state index is 0.0525. The fraction of sp³-hybridized carbons (Fsp3) is 0.273. The summed E-state index contributed by atoms with van der Waals surface area (Å²) in [6.45, 7) is 5.69. The van der Waals surface area contributed by atoms with Gasteiger partial charge in [0.15, 0.2) is 0 Å². The van der Waals surface area contributed by atoms with Crippen LogP contribution in [0.4, 0.5) is 11.5 Å². The van der Waals surface area contributed by atoms with E-state index in [4.69, 9.17) is 0 Å². The summed E-state index contributed by atoms with van der Waals surface area (Å²) in [6, 6.07) is 14.1. The second-order valence-electron chi connectivity index (χ2n) is 7.12. The van der Waals surface area contributed by atoms with Crippen molar-refractivity contribution >= 4 is 17.4 Å². The van der Waals surface area contributed by atoms with Crippen LogP contribution in [0.1, 0.15) is 21.6 Å². The summed E-state index contributed by atoms with van der Waals surface area (Å²) in [5.74, 6) is 0.585. The number of pyridine rings is 1. The van der Waals surface area contributed by atoms with Crippen LogP contribution >= 0.6 is 0 Å². The molecule has 7 heteroatoms. The van der Waals surface area contributed by atoms with E-state index in [1.54, 1.807) is 18.5 Å². The van der Waals surface area contributed by atoms with Crippen molar-refractivity contribution < 1.29 is 4.79 Å². The lowest BCUT2D eigenvalue weighted by Crippen LogP contribution is -2.49. The van der Waals surface area contributed by atoms with Crippen molar-refractivity contribution in [3.63, 3.8) is 0 Å². The lowest BCUT2D eigenvalue weighted by molar-refractivity contribution is 0.0740. The molecular formula is C22H24N6O. The summed E-state index contributed by atoms with van der Waals surface area (Å²) < 4.78 is 0. The molecule has 1 saturated heterocycles. The zero-order valence-corrected chi connectivity index (χ0v) is 16.5. The third-order valence-corrected chi connectivity index (χ3v) is 5.04. The first-order chi connectivity index (χ1) is 14.2. The van der Waals surface area contributed by atoms with E-state index in [-0.39, 0.29) is 5.91 Å². The maximum absolute atomic E-state index is 12.9. The van der Waals surface area contributed by atoms with Gasteiger partial charge >= 0.3 is 0 Å². The summed E-state index contributed by atoms with van der Waals surface area (Å²) in [7, 11) is 0. The first kappa shape index (κ1) is 18.9. The van der Waals surface area contributed by atoms with E-state index in [0.717, 1.165) is 18.7 Å². The van der Waals surface area contributed by atoms with E-state index in [0.29, 0.717) is 31.1 Å². The van der Waals surface area contributed by atoms with Crippen LogP contribution in [-0.4, -0.2) is 51.9 Å². The molecule has 0 bridgehead atoms. The number of aromatic nitrogens is 3. The van der Waals surface area contributed by atoms with Gasteiger partial charge < -0.3 is 15.1 Å². The molecule has 0 spiro atoms. The van der Waals surface area contributed by atoms with Crippen molar-refractivity contribution in [2.45, 2.75) is 13.5 Å². The smallest absolute Gasteiger partial charge is 0.272 e. The summed E-state index contributed by atoms with van der Waals surface area (Å²) >= 11 is 0. The zero-order chi connectivity index (χ0) is 20.1. The third-order valence-electron chi connectivity index (χ3n) is 5.04. The number of hydrogen-bond donors (Lipinski definition) is 1. The molecule has 1 N–H and O–H groups in total. The van der Waals surface area contributed by atoms with Gasteiger partial charge in [0.2, 0.25) is 0 Å². The van der Waals surface area contributed by atoms with Gasteiger partial charge in [0.1, 0.15) is 17.8 Å². The van der Waals surface area contributed by atoms with Crippen LogP contribution in [0.2, 0.25) is 0 Å². The first-order valence-electron chi connectivity index (χ1n) is 9.75. The second kappa shape index (κ2) is 8.68. The minimum atomic E-state index is -0.0525. The third kappa shape index (κ3) is 4.68. The molecule has 2 aromatic heterocycles. The Balaban J connectivity index is 1.36. The molecule has 1 amide bonds. The van der Waals surface area contributed by atoms with Crippen LogP contribution in [0.5, 0.6) is 0 Å². The highest BCUT2D eigenvalue weighted by atomic mass is 16.2. The second-order valence-corrected chi connectivity index (χ2v) is 7.12. The van der Waals surface area contributed by atoms with Crippen molar-refractivity contribution in [2.24, 2.45) is 0 Å². The number of rotatable bonds is 5. The molecular weight excluding hydrogens is 364 g/mol. The maximum atomic E-state index is 12.9. The van der Waals surface area contributed by atoms with E-state index < -0.39 is 0 Å². The van der Waals surface area contributed by atoms with Crippen molar-refractivity contribution in [3.8, 4) is 0 Å². The van der Waals surface area contributed by atoms with Gasteiger partial charge in [-0.25, -0.2) is 9.97 Å². The van der Waals surface area contributed by atoms with Gasteiger partial charge in [0.05, 0.1) is 0 Å². The standard InChI is InChI=1S/C22H24N6O/c1-17-3-2-4-19(13-17)27-9-11-28(12-10-27)22(29)20-14-21(26-16-25-20)24-15-18-5-7-23-8-6-18/h2-8,13-14,16H,9-12,15H2,1H3,(H,24,25,26). The quantitative estimate of drug-likeness (QED) is 0.724. The fourth-order valence-electron chi connectivity index (χ4n) is 3.42. The van der Waals surface area contributed by atoms with Gasteiger partial charge in [-0.2, -0.15) is 0 Å². The predicted molar refractivity (Wildman–Crippen MR) is 113 cm³/mol. The Labute approximate surface area is 170 Å². The number of anilines is 2. The van der Waals surface area contributed by atoms with Crippen LogP contribution in [0.25, 0.3) is 0 Å². The predicted octanol–water partition coefficient (Wildman–Crippen LogP) is 2.75. The molecule has 3 heterocycles.